The van der Waals surface area contributed by atoms with Crippen LogP contribution in [0, 0.1) is 0 Å². The lowest BCUT2D eigenvalue weighted by Gasteiger charge is -1.98. The quantitative estimate of drug-likeness (QED) is 0.722. The molecule has 0 aromatic rings. The Bertz CT molecular complexity index is 368. The summed E-state index contributed by atoms with van der Waals surface area (Å²) in [6.07, 6.45) is 3.50. The maximum atomic E-state index is 11.2. The molecular weight excluding hydrogens is 202 g/mol. The Labute approximate surface area is 84.4 Å². The van der Waals surface area contributed by atoms with E-state index in [4.69, 9.17) is 0 Å². The zero-order chi connectivity index (χ0) is 10.8. The molecule has 0 saturated carbocycles. The molecular formula is C9H15NO3S. The summed E-state index contributed by atoms with van der Waals surface area (Å²) in [6.45, 7) is 3.54. The first-order valence-electron chi connectivity index (χ1n) is 4.76. The van der Waals surface area contributed by atoms with Gasteiger partial charge in [-0.2, -0.15) is 0 Å². The van der Waals surface area contributed by atoms with Crippen LogP contribution in [0.3, 0.4) is 0 Å². The number of hydrogen-bond acceptors (Lipinski definition) is 3. The summed E-state index contributed by atoms with van der Waals surface area (Å²) in [4.78, 5) is 11.4. The lowest BCUT2D eigenvalue weighted by Crippen LogP contribution is -2.23. The molecule has 1 amide bonds. The second kappa shape index (κ2) is 4.13. The van der Waals surface area contributed by atoms with Gasteiger partial charge in [-0.25, -0.2) is 13.1 Å². The Morgan fingerprint density at radius 3 is 2.36 bits per heavy atom. The molecule has 0 spiro atoms. The summed E-state index contributed by atoms with van der Waals surface area (Å²) in [6, 6.07) is 0. The molecule has 1 rings (SSSR count). The summed E-state index contributed by atoms with van der Waals surface area (Å²) in [5, 5.41) is 0. The van der Waals surface area contributed by atoms with Crippen molar-refractivity contribution in [2.24, 2.45) is 0 Å². The Morgan fingerprint density at radius 1 is 1.29 bits per heavy atom. The van der Waals surface area contributed by atoms with Gasteiger partial charge in [-0.15, -0.1) is 0 Å². The fourth-order valence-corrected chi connectivity index (χ4v) is 2.46. The number of rotatable bonds is 4. The van der Waals surface area contributed by atoms with Gasteiger partial charge in [0.1, 0.15) is 0 Å². The first-order chi connectivity index (χ1) is 6.49. The van der Waals surface area contributed by atoms with E-state index in [9.17, 15) is 13.2 Å². The number of carbonyl (C=O) groups excluding carboxylic acids is 1. The van der Waals surface area contributed by atoms with E-state index < -0.39 is 15.9 Å². The third kappa shape index (κ3) is 2.15. The predicted molar refractivity (Wildman–Crippen MR) is 53.9 cm³/mol. The molecule has 0 unspecified atom stereocenters. The van der Waals surface area contributed by atoms with Crippen LogP contribution in [0.5, 0.6) is 0 Å². The average Bonchev–Trinajstić information content (AvgIpc) is 2.27. The van der Waals surface area contributed by atoms with Crippen LogP contribution in [-0.2, 0) is 14.8 Å². The summed E-state index contributed by atoms with van der Waals surface area (Å²) < 4.78 is 24.4. The standard InChI is InChI=1S/C9H15NO3S/c1-3-4-5-6-8-7(2)14(12,13)10-9(8)11/h3-6H2,1-2H3,(H,10,11). The van der Waals surface area contributed by atoms with Gasteiger partial charge in [-0.3, -0.25) is 4.79 Å². The molecule has 0 aromatic carbocycles. The number of sulfonamides is 1. The summed E-state index contributed by atoms with van der Waals surface area (Å²) in [7, 11) is -3.48. The maximum absolute atomic E-state index is 11.2. The number of allylic oxidation sites excluding steroid dienone is 1. The van der Waals surface area contributed by atoms with Crippen LogP contribution in [0.2, 0.25) is 0 Å². The minimum atomic E-state index is -3.48. The molecule has 0 atom stereocenters. The van der Waals surface area contributed by atoms with Crippen molar-refractivity contribution in [2.75, 3.05) is 0 Å². The lowest BCUT2D eigenvalue weighted by atomic mass is 10.1. The van der Waals surface area contributed by atoms with Crippen molar-refractivity contribution in [2.45, 2.75) is 39.5 Å². The molecule has 4 nitrogen and oxygen atoms in total. The van der Waals surface area contributed by atoms with Crippen molar-refractivity contribution >= 4 is 15.9 Å². The van der Waals surface area contributed by atoms with Gasteiger partial charge in [0.15, 0.2) is 0 Å². The van der Waals surface area contributed by atoms with Crippen molar-refractivity contribution in [1.29, 1.82) is 0 Å². The van der Waals surface area contributed by atoms with Gasteiger partial charge in [0.2, 0.25) is 0 Å². The monoisotopic (exact) mass is 217 g/mol. The predicted octanol–water partition coefficient (Wildman–Crippen LogP) is 1.30. The molecule has 5 heteroatoms. The fraction of sp³-hybridized carbons (Fsp3) is 0.667. The molecule has 0 radical (unpaired) electrons. The van der Waals surface area contributed by atoms with Gasteiger partial charge < -0.3 is 0 Å². The summed E-state index contributed by atoms with van der Waals surface area (Å²) in [5.74, 6) is -0.446. The van der Waals surface area contributed by atoms with Crippen molar-refractivity contribution < 1.29 is 13.2 Å². The van der Waals surface area contributed by atoms with Crippen LogP contribution in [-0.4, -0.2) is 14.3 Å². The molecule has 14 heavy (non-hydrogen) atoms. The molecule has 0 saturated heterocycles. The van der Waals surface area contributed by atoms with E-state index in [1.807, 2.05) is 4.72 Å². The van der Waals surface area contributed by atoms with Gasteiger partial charge in [0, 0.05) is 5.57 Å². The maximum Gasteiger partial charge on any atom is 0.261 e. The van der Waals surface area contributed by atoms with E-state index >= 15 is 0 Å². The van der Waals surface area contributed by atoms with Crippen LogP contribution in [0.4, 0.5) is 0 Å². The lowest BCUT2D eigenvalue weighted by molar-refractivity contribution is -0.115. The molecule has 0 fully saturated rings. The SMILES string of the molecule is CCCCCC1=C(C)S(=O)(=O)NC1=O. The Hall–Kier alpha value is -0.840. The van der Waals surface area contributed by atoms with E-state index in [1.165, 1.54) is 6.92 Å². The minimum Gasteiger partial charge on any atom is -0.269 e. The van der Waals surface area contributed by atoms with Crippen LogP contribution in [0.25, 0.3) is 0 Å². The zero-order valence-electron chi connectivity index (χ0n) is 8.46. The van der Waals surface area contributed by atoms with Gasteiger partial charge in [0.25, 0.3) is 15.9 Å². The van der Waals surface area contributed by atoms with Crippen molar-refractivity contribution in [3.05, 3.63) is 10.5 Å². The highest BCUT2D eigenvalue weighted by Crippen LogP contribution is 2.22. The Balaban J connectivity index is 2.76. The first-order valence-corrected chi connectivity index (χ1v) is 6.24. The number of hydrogen-bond donors (Lipinski definition) is 1. The first kappa shape index (κ1) is 11.2. The van der Waals surface area contributed by atoms with E-state index in [1.54, 1.807) is 0 Å². The molecule has 1 heterocycles. The average molecular weight is 217 g/mol. The molecule has 80 valence electrons. The number of nitrogens with one attached hydrogen (secondary N) is 1. The highest BCUT2D eigenvalue weighted by molar-refractivity contribution is 7.94. The topological polar surface area (TPSA) is 63.2 Å². The van der Waals surface area contributed by atoms with E-state index in [0.29, 0.717) is 12.0 Å². The zero-order valence-corrected chi connectivity index (χ0v) is 9.28. The van der Waals surface area contributed by atoms with Crippen LogP contribution < -0.4 is 4.72 Å². The molecule has 1 aliphatic rings. The minimum absolute atomic E-state index is 0.193. The Kier molecular flexibility index (Phi) is 3.31. The third-order valence-corrected chi connectivity index (χ3v) is 3.87. The van der Waals surface area contributed by atoms with Gasteiger partial charge in [-0.1, -0.05) is 19.8 Å². The largest absolute Gasteiger partial charge is 0.269 e. The highest BCUT2D eigenvalue weighted by Gasteiger charge is 2.31. The van der Waals surface area contributed by atoms with Crippen LogP contribution >= 0.6 is 0 Å². The third-order valence-electron chi connectivity index (χ3n) is 2.36. The molecule has 0 aromatic heterocycles. The molecule has 0 bridgehead atoms. The second-order valence-electron chi connectivity index (χ2n) is 3.43. The van der Waals surface area contributed by atoms with E-state index in [-0.39, 0.29) is 4.91 Å². The summed E-state index contributed by atoms with van der Waals surface area (Å²) >= 11 is 0. The van der Waals surface area contributed by atoms with E-state index in [2.05, 4.69) is 6.92 Å². The smallest absolute Gasteiger partial charge is 0.261 e. The van der Waals surface area contributed by atoms with Crippen LogP contribution in [0.15, 0.2) is 10.5 Å². The summed E-state index contributed by atoms with van der Waals surface area (Å²) in [5.41, 5.74) is 0.429. The van der Waals surface area contributed by atoms with Gasteiger partial charge in [0.05, 0.1) is 4.91 Å². The van der Waals surface area contributed by atoms with Crippen molar-refractivity contribution in [1.82, 2.24) is 4.72 Å². The van der Waals surface area contributed by atoms with E-state index in [0.717, 1.165) is 19.3 Å². The number of unbranched alkanes of at least 4 members (excludes halogenated alkanes) is 2. The van der Waals surface area contributed by atoms with Gasteiger partial charge >= 0.3 is 0 Å². The molecule has 1 aliphatic heterocycles. The number of amides is 1. The van der Waals surface area contributed by atoms with Crippen LogP contribution in [0.1, 0.15) is 39.5 Å². The molecule has 0 aliphatic carbocycles. The second-order valence-corrected chi connectivity index (χ2v) is 5.25. The normalized spacial score (nSPS) is 20.0. The van der Waals surface area contributed by atoms with Gasteiger partial charge in [-0.05, 0) is 19.8 Å². The van der Waals surface area contributed by atoms with Crippen molar-refractivity contribution in [3.8, 4) is 0 Å². The Morgan fingerprint density at radius 2 is 1.93 bits per heavy atom. The molecule has 1 N–H and O–H groups in total. The highest BCUT2D eigenvalue weighted by atomic mass is 32.2. The van der Waals surface area contributed by atoms with Crippen molar-refractivity contribution in [3.63, 3.8) is 0 Å². The number of carbonyl (C=O) groups is 1. The fourth-order valence-electron chi connectivity index (χ4n) is 1.42.